The Kier molecular flexibility index (Phi) is 12.5. The first-order valence-electron chi connectivity index (χ1n) is 18.1. The molecule has 2 fully saturated rings. The molecule has 0 bridgehead atoms. The van der Waals surface area contributed by atoms with Crippen LogP contribution in [-0.4, -0.2) is 46.3 Å². The van der Waals surface area contributed by atoms with Crippen molar-refractivity contribution in [1.29, 1.82) is 0 Å². The van der Waals surface area contributed by atoms with Gasteiger partial charge in [0.05, 0.1) is 0 Å². The average molecular weight is 657 g/mol. The van der Waals surface area contributed by atoms with Crippen molar-refractivity contribution in [3.63, 3.8) is 0 Å². The maximum absolute atomic E-state index is 13.0. The third-order valence-electron chi connectivity index (χ3n) is 9.63. The summed E-state index contributed by atoms with van der Waals surface area (Å²) in [6.07, 6.45) is 11.8. The van der Waals surface area contributed by atoms with Crippen LogP contribution >= 0.6 is 0 Å². The van der Waals surface area contributed by atoms with Gasteiger partial charge in [-0.15, -0.1) is 0 Å². The molecular weight excluding hydrogens is 596 g/mol. The highest BCUT2D eigenvalue weighted by Gasteiger charge is 2.44. The summed E-state index contributed by atoms with van der Waals surface area (Å²) in [5, 5.41) is 7.47. The fraction of sp³-hybridized carbons (Fsp3) is 0.571. The van der Waals surface area contributed by atoms with E-state index in [0.717, 1.165) is 73.6 Å². The molecule has 262 valence electrons. The van der Waals surface area contributed by atoms with Crippen LogP contribution in [0.5, 0.6) is 0 Å². The number of piperidine rings is 2. The molecule has 2 aromatic rings. The summed E-state index contributed by atoms with van der Waals surface area (Å²) in [6, 6.07) is 20.5. The average Bonchev–Trinajstić information content (AvgIpc) is 2.97. The topological polar surface area (TPSA) is 76.7 Å². The van der Waals surface area contributed by atoms with Crippen molar-refractivity contribution in [3.8, 4) is 0 Å². The van der Waals surface area contributed by atoms with Gasteiger partial charge in [-0.2, -0.15) is 0 Å². The molecule has 48 heavy (non-hydrogen) atoms. The van der Waals surface area contributed by atoms with Crippen LogP contribution in [0.4, 0.5) is 0 Å². The normalized spacial score (nSPS) is 24.2. The van der Waals surface area contributed by atoms with Gasteiger partial charge >= 0.3 is 11.9 Å². The quantitative estimate of drug-likeness (QED) is 0.165. The lowest BCUT2D eigenvalue weighted by Gasteiger charge is -2.48. The number of rotatable bonds is 13. The number of ether oxygens (including phenoxy) is 2. The van der Waals surface area contributed by atoms with E-state index >= 15 is 0 Å². The highest BCUT2D eigenvalue weighted by molar-refractivity contribution is 5.71. The van der Waals surface area contributed by atoms with Crippen molar-refractivity contribution >= 4 is 24.1 Å². The molecule has 2 aromatic carbocycles. The van der Waals surface area contributed by atoms with E-state index in [0.29, 0.717) is 12.8 Å². The molecular formula is C42H60N2O4. The Morgan fingerprint density at radius 2 is 0.917 bits per heavy atom. The van der Waals surface area contributed by atoms with E-state index in [9.17, 15) is 9.59 Å². The number of benzene rings is 2. The molecule has 2 atom stereocenters. The van der Waals surface area contributed by atoms with E-state index in [1.54, 1.807) is 0 Å². The van der Waals surface area contributed by atoms with Gasteiger partial charge in [-0.3, -0.25) is 9.59 Å². The molecule has 2 unspecified atom stereocenters. The Labute approximate surface area is 290 Å². The van der Waals surface area contributed by atoms with Crippen LogP contribution in [0.1, 0.15) is 131 Å². The highest BCUT2D eigenvalue weighted by atomic mass is 16.5. The van der Waals surface area contributed by atoms with Crippen molar-refractivity contribution in [2.24, 2.45) is 0 Å². The molecule has 6 nitrogen and oxygen atoms in total. The van der Waals surface area contributed by atoms with Crippen molar-refractivity contribution in [2.45, 2.75) is 154 Å². The molecule has 0 aliphatic carbocycles. The largest absolute Gasteiger partial charge is 0.458 e. The zero-order chi connectivity index (χ0) is 35.0. The van der Waals surface area contributed by atoms with Crippen LogP contribution < -0.4 is 10.6 Å². The van der Waals surface area contributed by atoms with E-state index in [4.69, 9.17) is 9.47 Å². The Hall–Kier alpha value is -3.22. The van der Waals surface area contributed by atoms with Gasteiger partial charge in [-0.1, -0.05) is 98.5 Å². The number of carbonyl (C=O) groups excluding carboxylic acids is 2. The third kappa shape index (κ3) is 11.2. The van der Waals surface area contributed by atoms with Crippen molar-refractivity contribution < 1.29 is 19.1 Å². The number of unbranched alkanes of at least 4 members (excludes halogenated alkanes) is 5. The molecule has 2 heterocycles. The van der Waals surface area contributed by atoms with Gasteiger partial charge in [0.1, 0.15) is 12.2 Å². The van der Waals surface area contributed by atoms with Gasteiger partial charge in [0.15, 0.2) is 0 Å². The Morgan fingerprint density at radius 1 is 0.583 bits per heavy atom. The van der Waals surface area contributed by atoms with Crippen molar-refractivity contribution in [1.82, 2.24) is 10.6 Å². The minimum Gasteiger partial charge on any atom is -0.458 e. The number of hydrogen-bond acceptors (Lipinski definition) is 6. The fourth-order valence-corrected chi connectivity index (χ4v) is 7.79. The molecule has 6 heteroatoms. The van der Waals surface area contributed by atoms with Crippen molar-refractivity contribution in [2.75, 3.05) is 0 Å². The molecule has 2 aliphatic heterocycles. The fourth-order valence-electron chi connectivity index (χ4n) is 7.79. The number of nitrogens with one attached hydrogen (secondary N) is 2. The van der Waals surface area contributed by atoms with Crippen LogP contribution in [0.15, 0.2) is 71.8 Å². The Balaban J connectivity index is 1.18. The van der Waals surface area contributed by atoms with Crippen LogP contribution in [0.25, 0.3) is 12.2 Å². The molecule has 0 spiro atoms. The zero-order valence-electron chi connectivity index (χ0n) is 30.8. The first kappa shape index (κ1) is 37.6. The first-order valence-corrected chi connectivity index (χ1v) is 18.1. The number of hydrogen-bond donors (Lipinski definition) is 2. The maximum atomic E-state index is 13.0. The zero-order valence-corrected chi connectivity index (χ0v) is 30.8. The summed E-state index contributed by atoms with van der Waals surface area (Å²) in [6.45, 7) is 17.3. The van der Waals surface area contributed by atoms with Crippen LogP contribution in [0.2, 0.25) is 0 Å². The van der Waals surface area contributed by atoms with Gasteiger partial charge in [-0.05, 0) is 90.5 Å². The van der Waals surface area contributed by atoms with Crippen LogP contribution in [0, 0.1) is 0 Å². The minimum atomic E-state index is -0.295. The molecule has 4 rings (SSSR count). The van der Waals surface area contributed by atoms with E-state index in [2.05, 4.69) is 102 Å². The molecule has 2 aliphatic rings. The SMILES string of the molecule is CC1(C)CC(OC(=O)CCCCCCCCC(=O)OC2CC(C)(C)NC(C)(C)C2=Cc2ccccc2)C(=Cc2ccccc2)C(C)(C)N1. The number of esters is 2. The monoisotopic (exact) mass is 656 g/mol. The van der Waals surface area contributed by atoms with E-state index in [1.807, 2.05) is 36.4 Å². The lowest BCUT2D eigenvalue weighted by molar-refractivity contribution is -0.150. The Bertz CT molecular complexity index is 1310. The predicted molar refractivity (Wildman–Crippen MR) is 197 cm³/mol. The van der Waals surface area contributed by atoms with E-state index in [1.165, 1.54) is 0 Å². The van der Waals surface area contributed by atoms with Gasteiger partial charge in [0.2, 0.25) is 0 Å². The summed E-state index contributed by atoms with van der Waals surface area (Å²) in [5.74, 6) is -0.250. The maximum Gasteiger partial charge on any atom is 0.306 e. The molecule has 0 saturated carbocycles. The summed E-state index contributed by atoms with van der Waals surface area (Å²) in [4.78, 5) is 26.0. The first-order chi connectivity index (χ1) is 22.6. The van der Waals surface area contributed by atoms with E-state index in [-0.39, 0.29) is 46.3 Å². The van der Waals surface area contributed by atoms with Crippen LogP contribution in [0.3, 0.4) is 0 Å². The minimum absolute atomic E-state index is 0.125. The van der Waals surface area contributed by atoms with Gasteiger partial charge in [-0.25, -0.2) is 0 Å². The van der Waals surface area contributed by atoms with Crippen molar-refractivity contribution in [3.05, 3.63) is 82.9 Å². The number of carbonyl (C=O) groups is 2. The second-order valence-electron chi connectivity index (χ2n) is 16.3. The Morgan fingerprint density at radius 3 is 1.27 bits per heavy atom. The molecule has 2 saturated heterocycles. The van der Waals surface area contributed by atoms with Gasteiger partial charge in [0.25, 0.3) is 0 Å². The summed E-state index contributed by atoms with van der Waals surface area (Å²) < 4.78 is 12.3. The lowest BCUT2D eigenvalue weighted by atomic mass is 9.76. The molecule has 0 aromatic heterocycles. The summed E-state index contributed by atoms with van der Waals surface area (Å²) >= 11 is 0. The van der Waals surface area contributed by atoms with Gasteiger partial charge in [0, 0.05) is 47.8 Å². The molecule has 2 N–H and O–H groups in total. The lowest BCUT2D eigenvalue weighted by Crippen LogP contribution is -2.61. The highest BCUT2D eigenvalue weighted by Crippen LogP contribution is 2.38. The van der Waals surface area contributed by atoms with Crippen LogP contribution in [-0.2, 0) is 19.1 Å². The van der Waals surface area contributed by atoms with E-state index < -0.39 is 0 Å². The second-order valence-corrected chi connectivity index (χ2v) is 16.3. The second kappa shape index (κ2) is 16.0. The third-order valence-corrected chi connectivity index (χ3v) is 9.63. The standard InChI is InChI=1S/C42H60N2O4/c1-39(2)29-35(33(41(5,6)43-39)27-31-21-15-13-16-22-31)47-37(45)25-19-11-9-10-12-20-26-38(46)48-36-30-40(3,4)44-42(7,8)34(36)28-32-23-17-14-18-24-32/h13-18,21-24,27-28,35-36,43-44H,9-12,19-20,25-26,29-30H2,1-8H3. The molecule has 0 amide bonds. The van der Waals surface area contributed by atoms with Gasteiger partial charge < -0.3 is 20.1 Å². The molecule has 0 radical (unpaired) electrons. The predicted octanol–water partition coefficient (Wildman–Crippen LogP) is 9.20. The summed E-state index contributed by atoms with van der Waals surface area (Å²) in [7, 11) is 0. The summed E-state index contributed by atoms with van der Waals surface area (Å²) in [5.41, 5.74) is 3.56. The smallest absolute Gasteiger partial charge is 0.306 e.